The van der Waals surface area contributed by atoms with Crippen LogP contribution in [0.25, 0.3) is 6.08 Å². The number of para-hydroxylation sites is 1. The number of benzene rings is 4. The van der Waals surface area contributed by atoms with E-state index in [2.05, 4.69) is 35.8 Å². The molecule has 4 aromatic carbocycles. The van der Waals surface area contributed by atoms with Crippen molar-refractivity contribution >= 4 is 29.4 Å². The van der Waals surface area contributed by atoms with Crippen molar-refractivity contribution in [3.8, 4) is 5.75 Å². The van der Waals surface area contributed by atoms with Crippen LogP contribution in [0, 0.1) is 6.92 Å². The molecule has 0 spiro atoms. The van der Waals surface area contributed by atoms with Crippen molar-refractivity contribution < 1.29 is 24.2 Å². The summed E-state index contributed by atoms with van der Waals surface area (Å²) in [4.78, 5) is 37.3. The first-order valence-corrected chi connectivity index (χ1v) is 14.8. The third kappa shape index (κ3) is 9.70. The van der Waals surface area contributed by atoms with E-state index in [1.54, 1.807) is 60.7 Å². The average molecular weight is 591 g/mol. The molecule has 4 rings (SSSR count). The number of carboxylic acid groups (broad SMARTS) is 1. The number of rotatable bonds is 16. The molecule has 1 amide bonds. The monoisotopic (exact) mass is 590 g/mol. The number of carbonyl (C=O) groups is 3. The molecule has 0 aliphatic carbocycles. The minimum atomic E-state index is -1.02. The van der Waals surface area contributed by atoms with E-state index in [1.165, 1.54) is 5.56 Å². The molecule has 44 heavy (non-hydrogen) atoms. The summed E-state index contributed by atoms with van der Waals surface area (Å²) in [6, 6.07) is 30.3. The van der Waals surface area contributed by atoms with Gasteiger partial charge in [0.1, 0.15) is 11.8 Å². The summed E-state index contributed by atoms with van der Waals surface area (Å²) >= 11 is 0. The lowest BCUT2D eigenvalue weighted by Gasteiger charge is -2.18. The fraction of sp³-hybridized carbons (Fsp3) is 0.216. The number of aliphatic carboxylic acids is 1. The van der Waals surface area contributed by atoms with Crippen molar-refractivity contribution in [1.29, 1.82) is 0 Å². The summed E-state index contributed by atoms with van der Waals surface area (Å²) in [6.07, 6.45) is 6.07. The normalized spacial score (nSPS) is 11.6. The highest BCUT2D eigenvalue weighted by atomic mass is 16.5. The van der Waals surface area contributed by atoms with Crippen LogP contribution < -0.4 is 15.4 Å². The maximum atomic E-state index is 13.1. The molecule has 226 valence electrons. The number of hydrogen-bond donors (Lipinski definition) is 3. The van der Waals surface area contributed by atoms with E-state index in [1.807, 2.05) is 36.4 Å². The van der Waals surface area contributed by atoms with Crippen LogP contribution in [-0.4, -0.2) is 42.0 Å². The van der Waals surface area contributed by atoms with Crippen LogP contribution in [0.3, 0.4) is 0 Å². The maximum Gasteiger partial charge on any atom is 0.326 e. The van der Waals surface area contributed by atoms with Crippen molar-refractivity contribution in [3.05, 3.63) is 137 Å². The van der Waals surface area contributed by atoms with Crippen LogP contribution in [0.4, 0.5) is 5.69 Å². The molecule has 7 nitrogen and oxygen atoms in total. The Morgan fingerprint density at radius 2 is 1.57 bits per heavy atom. The Morgan fingerprint density at radius 3 is 2.32 bits per heavy atom. The molecule has 4 aromatic rings. The number of hydrogen-bond acceptors (Lipinski definition) is 5. The molecule has 3 N–H and O–H groups in total. The fourth-order valence-corrected chi connectivity index (χ4v) is 4.67. The third-order valence-electron chi connectivity index (χ3n) is 7.13. The number of carboxylic acids is 1. The van der Waals surface area contributed by atoms with Gasteiger partial charge in [-0.15, -0.1) is 0 Å². The minimum Gasteiger partial charge on any atom is -0.494 e. The van der Waals surface area contributed by atoms with E-state index >= 15 is 0 Å². The standard InChI is InChI=1S/C37H38N2O5/c1-27-12-5-6-13-29(27)14-7-10-19-35(40)38-24-11-25-44-31-22-20-28(21-23-31)26-34(37(42)43)39-33-18-9-8-17-32(33)36(41)30-15-3-2-4-16-30/h2-9,12-18,20-23,34,39H,10-11,19,24-26H2,1H3,(H,38,40)(H,42,43). The zero-order valence-electron chi connectivity index (χ0n) is 24.9. The lowest BCUT2D eigenvalue weighted by Crippen LogP contribution is -2.32. The van der Waals surface area contributed by atoms with Gasteiger partial charge in [0.15, 0.2) is 5.78 Å². The van der Waals surface area contributed by atoms with Gasteiger partial charge >= 0.3 is 5.97 Å². The number of aryl methyl sites for hydroxylation is 1. The first-order valence-electron chi connectivity index (χ1n) is 14.8. The molecule has 1 atom stereocenters. The number of carbonyl (C=O) groups excluding carboxylic acids is 2. The van der Waals surface area contributed by atoms with Crippen molar-refractivity contribution in [2.45, 2.75) is 38.6 Å². The summed E-state index contributed by atoms with van der Waals surface area (Å²) in [5, 5.41) is 15.9. The number of anilines is 1. The second-order valence-corrected chi connectivity index (χ2v) is 10.5. The zero-order chi connectivity index (χ0) is 31.1. The van der Waals surface area contributed by atoms with Gasteiger partial charge in [0.2, 0.25) is 5.91 Å². The molecule has 7 heteroatoms. The molecule has 0 saturated carbocycles. The lowest BCUT2D eigenvalue weighted by molar-refractivity contribution is -0.137. The average Bonchev–Trinajstić information content (AvgIpc) is 3.04. The highest BCUT2D eigenvalue weighted by molar-refractivity contribution is 6.12. The third-order valence-corrected chi connectivity index (χ3v) is 7.13. The van der Waals surface area contributed by atoms with E-state index in [-0.39, 0.29) is 18.1 Å². The highest BCUT2D eigenvalue weighted by Crippen LogP contribution is 2.22. The molecule has 1 unspecified atom stereocenters. The van der Waals surface area contributed by atoms with Gasteiger partial charge in [0.05, 0.1) is 6.61 Å². The number of nitrogens with one attached hydrogen (secondary N) is 2. The Balaban J connectivity index is 1.20. The van der Waals surface area contributed by atoms with E-state index < -0.39 is 12.0 Å². The molecule has 0 aromatic heterocycles. The highest BCUT2D eigenvalue weighted by Gasteiger charge is 2.21. The van der Waals surface area contributed by atoms with Gasteiger partial charge in [0, 0.05) is 36.2 Å². The van der Waals surface area contributed by atoms with Gasteiger partial charge in [-0.05, 0) is 60.7 Å². The van der Waals surface area contributed by atoms with Gasteiger partial charge in [0.25, 0.3) is 0 Å². The molecule has 0 fully saturated rings. The largest absolute Gasteiger partial charge is 0.494 e. The summed E-state index contributed by atoms with van der Waals surface area (Å²) in [6.45, 7) is 3.03. The van der Waals surface area contributed by atoms with E-state index in [4.69, 9.17) is 4.74 Å². The predicted molar refractivity (Wildman–Crippen MR) is 174 cm³/mol. The smallest absolute Gasteiger partial charge is 0.326 e. The molecular weight excluding hydrogens is 552 g/mol. The minimum absolute atomic E-state index is 0.0115. The van der Waals surface area contributed by atoms with E-state index in [0.717, 1.165) is 11.1 Å². The van der Waals surface area contributed by atoms with Gasteiger partial charge in [-0.1, -0.05) is 91.0 Å². The fourth-order valence-electron chi connectivity index (χ4n) is 4.67. The summed E-state index contributed by atoms with van der Waals surface area (Å²) in [5.74, 6) is -0.515. The lowest BCUT2D eigenvalue weighted by atomic mass is 10.00. The van der Waals surface area contributed by atoms with Crippen molar-refractivity contribution in [2.24, 2.45) is 0 Å². The molecule has 0 aliphatic heterocycles. The van der Waals surface area contributed by atoms with Crippen LogP contribution in [0.2, 0.25) is 0 Å². The zero-order valence-corrected chi connectivity index (χ0v) is 24.9. The number of allylic oxidation sites excluding steroid dienone is 1. The van der Waals surface area contributed by atoms with Gasteiger partial charge in [-0.3, -0.25) is 9.59 Å². The second kappa shape index (κ2) is 16.5. The summed E-state index contributed by atoms with van der Waals surface area (Å²) < 4.78 is 5.80. The first-order chi connectivity index (χ1) is 21.4. The first kappa shape index (κ1) is 31.8. The van der Waals surface area contributed by atoms with Crippen LogP contribution in [-0.2, 0) is 16.0 Å². The number of amides is 1. The van der Waals surface area contributed by atoms with Crippen molar-refractivity contribution in [2.75, 3.05) is 18.5 Å². The second-order valence-electron chi connectivity index (χ2n) is 10.5. The Bertz CT molecular complexity index is 1560. The van der Waals surface area contributed by atoms with Gasteiger partial charge in [-0.25, -0.2) is 4.79 Å². The van der Waals surface area contributed by atoms with Crippen molar-refractivity contribution in [3.63, 3.8) is 0 Å². The molecule has 0 radical (unpaired) electrons. The van der Waals surface area contributed by atoms with Crippen LogP contribution in [0.15, 0.2) is 109 Å². The SMILES string of the molecule is Cc1ccccc1C=CCCC(=O)NCCCOc1ccc(CC(Nc2ccccc2C(=O)c2ccccc2)C(=O)O)cc1. The molecule has 0 bridgehead atoms. The Kier molecular flexibility index (Phi) is 11.9. The molecule has 0 heterocycles. The number of ether oxygens (including phenoxy) is 1. The van der Waals surface area contributed by atoms with Gasteiger partial charge in [-0.2, -0.15) is 0 Å². The Hall–Kier alpha value is -5.17. The van der Waals surface area contributed by atoms with E-state index in [0.29, 0.717) is 55.0 Å². The topological polar surface area (TPSA) is 105 Å². The van der Waals surface area contributed by atoms with E-state index in [9.17, 15) is 19.5 Å². The quantitative estimate of drug-likeness (QED) is 0.0990. The number of ketones is 1. The van der Waals surface area contributed by atoms with Gasteiger partial charge < -0.3 is 20.5 Å². The molecule has 0 saturated heterocycles. The Labute approximate surface area is 258 Å². The van der Waals surface area contributed by atoms with Crippen LogP contribution in [0.1, 0.15) is 51.9 Å². The van der Waals surface area contributed by atoms with Crippen LogP contribution >= 0.6 is 0 Å². The Morgan fingerprint density at radius 1 is 0.864 bits per heavy atom. The van der Waals surface area contributed by atoms with Crippen molar-refractivity contribution in [1.82, 2.24) is 5.32 Å². The molecule has 0 aliphatic rings. The predicted octanol–water partition coefficient (Wildman–Crippen LogP) is 6.71. The molecular formula is C37H38N2O5. The maximum absolute atomic E-state index is 13.1. The summed E-state index contributed by atoms with van der Waals surface area (Å²) in [5.41, 5.74) is 4.61. The summed E-state index contributed by atoms with van der Waals surface area (Å²) in [7, 11) is 0. The van der Waals surface area contributed by atoms with Crippen LogP contribution in [0.5, 0.6) is 5.75 Å².